The number of carbonyl (C=O) groups excluding carboxylic acids is 1. The summed E-state index contributed by atoms with van der Waals surface area (Å²) in [6.07, 6.45) is 3.06. The lowest BCUT2D eigenvalue weighted by molar-refractivity contribution is -0.117. The topological polar surface area (TPSA) is 56.1 Å². The normalized spacial score (nSPS) is 16.7. The molecule has 124 valence electrons. The van der Waals surface area contributed by atoms with Crippen LogP contribution >= 0.6 is 11.8 Å². The number of nitriles is 1. The quantitative estimate of drug-likeness (QED) is 0.737. The summed E-state index contributed by atoms with van der Waals surface area (Å²) in [6.45, 7) is 4.63. The lowest BCUT2D eigenvalue weighted by Gasteiger charge is -2.24. The molecule has 1 aromatic carbocycles. The van der Waals surface area contributed by atoms with Gasteiger partial charge in [-0.3, -0.25) is 9.69 Å². The van der Waals surface area contributed by atoms with Gasteiger partial charge in [0.2, 0.25) is 5.91 Å². The maximum absolute atomic E-state index is 12.3. The fraction of sp³-hybridized carbons (Fsp3) is 0.556. The second-order valence-electron chi connectivity index (χ2n) is 6.33. The average molecular weight is 331 g/mol. The van der Waals surface area contributed by atoms with Crippen LogP contribution in [0, 0.1) is 17.2 Å². The van der Waals surface area contributed by atoms with Crippen molar-refractivity contribution < 1.29 is 4.79 Å². The van der Waals surface area contributed by atoms with Crippen LogP contribution in [0.1, 0.15) is 33.1 Å². The molecule has 1 N–H and O–H groups in total. The second-order valence-corrected chi connectivity index (χ2v) is 7.81. The van der Waals surface area contributed by atoms with Crippen LogP contribution in [0.3, 0.4) is 0 Å². The van der Waals surface area contributed by atoms with Crippen molar-refractivity contribution in [2.24, 2.45) is 5.92 Å². The lowest BCUT2D eigenvalue weighted by Crippen LogP contribution is -2.37. The minimum Gasteiger partial charge on any atom is -0.324 e. The van der Waals surface area contributed by atoms with Crippen molar-refractivity contribution in [3.8, 4) is 6.07 Å². The number of amides is 1. The number of likely N-dealkylation sites (N-methyl/N-ethyl adjacent to an activating group) is 1. The monoisotopic (exact) mass is 331 g/mol. The Bertz CT molecular complexity index is 580. The Morgan fingerprint density at radius 1 is 1.43 bits per heavy atom. The maximum Gasteiger partial charge on any atom is 0.238 e. The molecule has 0 spiro atoms. The highest BCUT2D eigenvalue weighted by Gasteiger charge is 2.31. The molecule has 0 bridgehead atoms. The molecule has 1 aromatic rings. The molecule has 5 heteroatoms. The van der Waals surface area contributed by atoms with Crippen molar-refractivity contribution in [3.05, 3.63) is 24.3 Å². The Balaban J connectivity index is 1.93. The van der Waals surface area contributed by atoms with E-state index in [1.807, 2.05) is 38.2 Å². The molecule has 23 heavy (non-hydrogen) atoms. The number of para-hydroxylation sites is 1. The van der Waals surface area contributed by atoms with E-state index in [9.17, 15) is 4.79 Å². The molecule has 2 atom stereocenters. The first-order valence-corrected chi connectivity index (χ1v) is 9.02. The van der Waals surface area contributed by atoms with E-state index in [1.54, 1.807) is 11.8 Å². The number of nitrogens with one attached hydrogen (secondary N) is 1. The lowest BCUT2D eigenvalue weighted by atomic mass is 10.2. The third-order valence-electron chi connectivity index (χ3n) is 4.26. The van der Waals surface area contributed by atoms with Gasteiger partial charge in [0.15, 0.2) is 0 Å². The van der Waals surface area contributed by atoms with Crippen molar-refractivity contribution >= 4 is 23.4 Å². The van der Waals surface area contributed by atoms with Crippen LogP contribution in [0.15, 0.2) is 29.2 Å². The molecule has 4 nitrogen and oxygen atoms in total. The molecular formula is C18H25N3OS. The van der Waals surface area contributed by atoms with Gasteiger partial charge in [-0.25, -0.2) is 0 Å². The minimum absolute atomic E-state index is 0.0148. The Morgan fingerprint density at radius 2 is 2.13 bits per heavy atom. The third-order valence-corrected chi connectivity index (χ3v) is 5.44. The van der Waals surface area contributed by atoms with E-state index in [2.05, 4.69) is 23.2 Å². The number of anilines is 1. The van der Waals surface area contributed by atoms with Crippen molar-refractivity contribution in [1.82, 2.24) is 4.90 Å². The van der Waals surface area contributed by atoms with Gasteiger partial charge >= 0.3 is 0 Å². The first kappa shape index (κ1) is 17.8. The maximum atomic E-state index is 12.3. The van der Waals surface area contributed by atoms with Gasteiger partial charge in [-0.2, -0.15) is 5.26 Å². The SMILES string of the molecule is C[C@H](CC#N)Sc1ccccc1NC(=O)CN(C)[C@H](C)C1CC1. The molecule has 1 aliphatic rings. The summed E-state index contributed by atoms with van der Waals surface area (Å²) in [6, 6.07) is 10.4. The molecule has 0 saturated heterocycles. The van der Waals surface area contributed by atoms with Gasteiger partial charge in [-0.1, -0.05) is 19.1 Å². The van der Waals surface area contributed by atoms with Crippen molar-refractivity contribution in [2.75, 3.05) is 18.9 Å². The van der Waals surface area contributed by atoms with Crippen molar-refractivity contribution in [3.63, 3.8) is 0 Å². The van der Waals surface area contributed by atoms with E-state index in [-0.39, 0.29) is 11.2 Å². The van der Waals surface area contributed by atoms with Crippen LogP contribution in [0.25, 0.3) is 0 Å². The molecular weight excluding hydrogens is 306 g/mol. The Kier molecular flexibility index (Phi) is 6.49. The summed E-state index contributed by atoms with van der Waals surface area (Å²) in [5.41, 5.74) is 0.833. The first-order valence-electron chi connectivity index (χ1n) is 8.14. The number of carbonyl (C=O) groups is 1. The van der Waals surface area contributed by atoms with Crippen LogP contribution in [0.5, 0.6) is 0 Å². The third kappa shape index (κ3) is 5.56. The van der Waals surface area contributed by atoms with Gasteiger partial charge in [0, 0.05) is 22.6 Å². The first-order chi connectivity index (χ1) is 11.0. The zero-order valence-electron chi connectivity index (χ0n) is 14.1. The smallest absolute Gasteiger partial charge is 0.238 e. The second kappa shape index (κ2) is 8.37. The van der Waals surface area contributed by atoms with Crippen molar-refractivity contribution in [2.45, 2.75) is 49.3 Å². The number of thioether (sulfide) groups is 1. The van der Waals surface area contributed by atoms with E-state index in [0.717, 1.165) is 16.5 Å². The van der Waals surface area contributed by atoms with Crippen LogP contribution in [-0.4, -0.2) is 35.7 Å². The predicted octanol–water partition coefficient (Wildman–Crippen LogP) is 3.75. The summed E-state index contributed by atoms with van der Waals surface area (Å²) in [5.74, 6) is 0.767. The number of hydrogen-bond donors (Lipinski definition) is 1. The van der Waals surface area contributed by atoms with Crippen LogP contribution in [0.2, 0.25) is 0 Å². The summed E-state index contributed by atoms with van der Waals surface area (Å²) in [4.78, 5) is 15.5. The zero-order chi connectivity index (χ0) is 16.8. The standard InChI is InChI=1S/C18H25N3OS/c1-13(10-11-19)23-17-7-5-4-6-16(17)20-18(22)12-21(3)14(2)15-8-9-15/h4-7,13-15H,8-10,12H2,1-3H3,(H,20,22)/t13-,14-/m1/s1. The molecule has 0 aliphatic heterocycles. The van der Waals surface area contributed by atoms with Gasteiger partial charge in [0.05, 0.1) is 18.3 Å². The van der Waals surface area contributed by atoms with E-state index in [4.69, 9.17) is 5.26 Å². The molecule has 0 heterocycles. The number of hydrogen-bond acceptors (Lipinski definition) is 4. The number of rotatable bonds is 8. The zero-order valence-corrected chi connectivity index (χ0v) is 14.9. The fourth-order valence-electron chi connectivity index (χ4n) is 2.56. The summed E-state index contributed by atoms with van der Waals surface area (Å²) < 4.78 is 0. The predicted molar refractivity (Wildman–Crippen MR) is 95.4 cm³/mol. The van der Waals surface area contributed by atoms with Gasteiger partial charge in [0.1, 0.15) is 0 Å². The largest absolute Gasteiger partial charge is 0.324 e. The summed E-state index contributed by atoms with van der Waals surface area (Å²) >= 11 is 1.63. The van der Waals surface area contributed by atoms with Gasteiger partial charge < -0.3 is 5.32 Å². The van der Waals surface area contributed by atoms with Gasteiger partial charge in [0.25, 0.3) is 0 Å². The molecule has 0 aromatic heterocycles. The fourth-order valence-corrected chi connectivity index (χ4v) is 3.55. The van der Waals surface area contributed by atoms with Crippen molar-refractivity contribution in [1.29, 1.82) is 5.26 Å². The van der Waals surface area contributed by atoms with Gasteiger partial charge in [-0.05, 0) is 44.9 Å². The highest BCUT2D eigenvalue weighted by Crippen LogP contribution is 2.35. The van der Waals surface area contributed by atoms with Gasteiger partial charge in [-0.15, -0.1) is 11.8 Å². The minimum atomic E-state index is 0.0148. The van der Waals surface area contributed by atoms with E-state index >= 15 is 0 Å². The molecule has 0 unspecified atom stereocenters. The highest BCUT2D eigenvalue weighted by atomic mass is 32.2. The van der Waals surface area contributed by atoms with E-state index in [1.165, 1.54) is 12.8 Å². The van der Waals surface area contributed by atoms with Crippen LogP contribution in [0.4, 0.5) is 5.69 Å². The van der Waals surface area contributed by atoms with Crippen LogP contribution < -0.4 is 5.32 Å². The highest BCUT2D eigenvalue weighted by molar-refractivity contribution is 8.00. The molecule has 1 aliphatic carbocycles. The Hall–Kier alpha value is -1.51. The number of nitrogens with zero attached hydrogens (tertiary/aromatic N) is 2. The molecule has 1 saturated carbocycles. The Labute approximate surface area is 143 Å². The molecule has 1 amide bonds. The number of benzene rings is 1. The summed E-state index contributed by atoms with van der Waals surface area (Å²) in [5, 5.41) is 12.0. The summed E-state index contributed by atoms with van der Waals surface area (Å²) in [7, 11) is 2.01. The average Bonchev–Trinajstić information content (AvgIpc) is 3.33. The van der Waals surface area contributed by atoms with E-state index < -0.39 is 0 Å². The Morgan fingerprint density at radius 3 is 2.78 bits per heavy atom. The molecule has 1 fully saturated rings. The molecule has 2 rings (SSSR count). The van der Waals surface area contributed by atoms with Crippen LogP contribution in [-0.2, 0) is 4.79 Å². The molecule has 0 radical (unpaired) electrons. The van der Waals surface area contributed by atoms with E-state index in [0.29, 0.717) is 19.0 Å².